The van der Waals surface area contributed by atoms with Crippen molar-refractivity contribution in [1.29, 1.82) is 0 Å². The Morgan fingerprint density at radius 2 is 1.88 bits per heavy atom. The number of hydrogen-bond acceptors (Lipinski definition) is 2. The summed E-state index contributed by atoms with van der Waals surface area (Å²) in [7, 11) is 1.75. The van der Waals surface area contributed by atoms with E-state index in [-0.39, 0.29) is 17.9 Å². The number of carboxylic acids is 1. The van der Waals surface area contributed by atoms with E-state index in [2.05, 4.69) is 0 Å². The molecule has 0 spiro atoms. The Labute approximate surface area is 96.6 Å². The summed E-state index contributed by atoms with van der Waals surface area (Å²) in [6.45, 7) is 7.68. The van der Waals surface area contributed by atoms with Crippen LogP contribution < -0.4 is 0 Å². The van der Waals surface area contributed by atoms with Gasteiger partial charge in [-0.3, -0.25) is 9.59 Å². The van der Waals surface area contributed by atoms with Crippen LogP contribution in [0.1, 0.15) is 34.1 Å². The summed E-state index contributed by atoms with van der Waals surface area (Å²) in [6.07, 6.45) is 0.882. The molecule has 1 aliphatic rings. The standard InChI is InChI=1S/C12H21NO3/c1-6-7(2)13(5)10(14)8-9(11(15)16)12(8,3)4/h7-9H,6H2,1-5H3,(H,15,16)/t7?,8-,9+/m1/s1. The van der Waals surface area contributed by atoms with E-state index in [1.165, 1.54) is 0 Å². The van der Waals surface area contributed by atoms with Crippen molar-refractivity contribution in [3.8, 4) is 0 Å². The minimum Gasteiger partial charge on any atom is -0.481 e. The first-order valence-electron chi connectivity index (χ1n) is 5.74. The predicted octanol–water partition coefficient (Wildman–Crippen LogP) is 1.60. The Morgan fingerprint density at radius 3 is 2.19 bits per heavy atom. The second-order valence-electron chi connectivity index (χ2n) is 5.32. The number of rotatable bonds is 4. The van der Waals surface area contributed by atoms with Gasteiger partial charge in [0.05, 0.1) is 11.8 Å². The summed E-state index contributed by atoms with van der Waals surface area (Å²) < 4.78 is 0. The molecule has 0 radical (unpaired) electrons. The fourth-order valence-electron chi connectivity index (χ4n) is 2.27. The number of amides is 1. The second-order valence-corrected chi connectivity index (χ2v) is 5.32. The molecule has 1 fully saturated rings. The first-order valence-corrected chi connectivity index (χ1v) is 5.74. The van der Waals surface area contributed by atoms with Crippen molar-refractivity contribution in [1.82, 2.24) is 4.90 Å². The number of carbonyl (C=O) groups is 2. The van der Waals surface area contributed by atoms with Gasteiger partial charge in [-0.1, -0.05) is 20.8 Å². The highest BCUT2D eigenvalue weighted by atomic mass is 16.4. The van der Waals surface area contributed by atoms with Crippen LogP contribution in [0, 0.1) is 17.3 Å². The summed E-state index contributed by atoms with van der Waals surface area (Å²) in [5, 5.41) is 9.02. The van der Waals surface area contributed by atoms with E-state index >= 15 is 0 Å². The number of carbonyl (C=O) groups excluding carboxylic acids is 1. The van der Waals surface area contributed by atoms with Gasteiger partial charge >= 0.3 is 5.97 Å². The van der Waals surface area contributed by atoms with Gasteiger partial charge in [-0.25, -0.2) is 0 Å². The summed E-state index contributed by atoms with van der Waals surface area (Å²) in [5.41, 5.74) is -0.398. The van der Waals surface area contributed by atoms with Gasteiger partial charge in [-0.2, -0.15) is 0 Å². The number of nitrogens with zero attached hydrogens (tertiary/aromatic N) is 1. The summed E-state index contributed by atoms with van der Waals surface area (Å²) in [5.74, 6) is -1.77. The zero-order valence-corrected chi connectivity index (χ0v) is 10.7. The lowest BCUT2D eigenvalue weighted by Gasteiger charge is -2.24. The molecule has 4 heteroatoms. The molecule has 1 rings (SSSR count). The molecule has 0 aromatic heterocycles. The molecule has 0 aromatic carbocycles. The average molecular weight is 227 g/mol. The van der Waals surface area contributed by atoms with Crippen LogP contribution in [0.25, 0.3) is 0 Å². The lowest BCUT2D eigenvalue weighted by Crippen LogP contribution is -2.36. The maximum absolute atomic E-state index is 12.1. The molecule has 1 unspecified atom stereocenters. The molecule has 0 bridgehead atoms. The molecule has 3 atom stereocenters. The van der Waals surface area contributed by atoms with Crippen molar-refractivity contribution >= 4 is 11.9 Å². The summed E-state index contributed by atoms with van der Waals surface area (Å²) in [6, 6.07) is 0.165. The molecule has 1 saturated carbocycles. The summed E-state index contributed by atoms with van der Waals surface area (Å²) >= 11 is 0. The van der Waals surface area contributed by atoms with Crippen LogP contribution in [0.3, 0.4) is 0 Å². The molecule has 92 valence electrons. The molecule has 0 aromatic rings. The molecule has 0 saturated heterocycles. The molecular weight excluding hydrogens is 206 g/mol. The largest absolute Gasteiger partial charge is 0.481 e. The number of carboxylic acid groups (broad SMARTS) is 1. The fourth-order valence-corrected chi connectivity index (χ4v) is 2.27. The molecule has 16 heavy (non-hydrogen) atoms. The molecule has 1 N–H and O–H groups in total. The molecule has 0 aliphatic heterocycles. The van der Waals surface area contributed by atoms with E-state index in [1.54, 1.807) is 11.9 Å². The van der Waals surface area contributed by atoms with Gasteiger partial charge in [0.1, 0.15) is 0 Å². The minimum atomic E-state index is -0.860. The normalized spacial score (nSPS) is 28.3. The highest BCUT2D eigenvalue weighted by Gasteiger charge is 2.66. The van der Waals surface area contributed by atoms with Crippen molar-refractivity contribution in [2.45, 2.75) is 40.2 Å². The van der Waals surface area contributed by atoms with Crippen molar-refractivity contribution in [3.05, 3.63) is 0 Å². The third-order valence-corrected chi connectivity index (χ3v) is 3.96. The van der Waals surface area contributed by atoms with Crippen LogP contribution in [-0.4, -0.2) is 35.0 Å². The van der Waals surface area contributed by atoms with Gasteiger partial charge in [-0.15, -0.1) is 0 Å². The van der Waals surface area contributed by atoms with Crippen molar-refractivity contribution in [3.63, 3.8) is 0 Å². The van der Waals surface area contributed by atoms with Crippen molar-refractivity contribution in [2.24, 2.45) is 17.3 Å². The zero-order chi connectivity index (χ0) is 12.7. The monoisotopic (exact) mass is 227 g/mol. The van der Waals surface area contributed by atoms with Crippen LogP contribution >= 0.6 is 0 Å². The Bertz CT molecular complexity index is 311. The van der Waals surface area contributed by atoms with Crippen LogP contribution in [0.4, 0.5) is 0 Å². The van der Waals surface area contributed by atoms with E-state index in [1.807, 2.05) is 27.7 Å². The van der Waals surface area contributed by atoms with E-state index < -0.39 is 17.3 Å². The third-order valence-electron chi connectivity index (χ3n) is 3.96. The van der Waals surface area contributed by atoms with Crippen LogP contribution in [0.2, 0.25) is 0 Å². The van der Waals surface area contributed by atoms with E-state index in [0.717, 1.165) is 6.42 Å². The Hall–Kier alpha value is -1.06. The first-order chi connectivity index (χ1) is 7.25. The lowest BCUT2D eigenvalue weighted by molar-refractivity contribution is -0.142. The highest BCUT2D eigenvalue weighted by Crippen LogP contribution is 2.59. The van der Waals surface area contributed by atoms with E-state index in [0.29, 0.717) is 0 Å². The van der Waals surface area contributed by atoms with Crippen LogP contribution in [0.5, 0.6) is 0 Å². The van der Waals surface area contributed by atoms with Gasteiger partial charge in [0.2, 0.25) is 5.91 Å². The Morgan fingerprint density at radius 1 is 1.38 bits per heavy atom. The van der Waals surface area contributed by atoms with Crippen LogP contribution in [0.15, 0.2) is 0 Å². The van der Waals surface area contributed by atoms with Gasteiger partial charge in [0, 0.05) is 13.1 Å². The van der Waals surface area contributed by atoms with Gasteiger partial charge in [0.25, 0.3) is 0 Å². The fraction of sp³-hybridized carbons (Fsp3) is 0.833. The Kier molecular flexibility index (Phi) is 3.31. The maximum atomic E-state index is 12.1. The predicted molar refractivity (Wildman–Crippen MR) is 60.9 cm³/mol. The van der Waals surface area contributed by atoms with Crippen molar-refractivity contribution < 1.29 is 14.7 Å². The molecule has 4 nitrogen and oxygen atoms in total. The molecule has 1 amide bonds. The third kappa shape index (κ3) is 1.93. The zero-order valence-electron chi connectivity index (χ0n) is 10.7. The van der Waals surface area contributed by atoms with E-state index in [9.17, 15) is 9.59 Å². The molecular formula is C12H21NO3. The first kappa shape index (κ1) is 13.0. The van der Waals surface area contributed by atoms with Gasteiger partial charge in [0.15, 0.2) is 0 Å². The molecule has 0 heterocycles. The number of aliphatic carboxylic acids is 1. The average Bonchev–Trinajstić information content (AvgIpc) is 2.78. The number of hydrogen-bond donors (Lipinski definition) is 1. The minimum absolute atomic E-state index is 0.0354. The maximum Gasteiger partial charge on any atom is 0.307 e. The van der Waals surface area contributed by atoms with E-state index in [4.69, 9.17) is 5.11 Å². The Balaban J connectivity index is 2.74. The van der Waals surface area contributed by atoms with Gasteiger partial charge < -0.3 is 10.0 Å². The van der Waals surface area contributed by atoms with Crippen LogP contribution in [-0.2, 0) is 9.59 Å². The highest BCUT2D eigenvalue weighted by molar-refractivity contribution is 5.91. The van der Waals surface area contributed by atoms with Crippen molar-refractivity contribution in [2.75, 3.05) is 7.05 Å². The quantitative estimate of drug-likeness (QED) is 0.793. The summed E-state index contributed by atoms with van der Waals surface area (Å²) in [4.78, 5) is 24.8. The SMILES string of the molecule is CCC(C)N(C)C(=O)[C@H]1[C@@H](C(=O)O)C1(C)C. The topological polar surface area (TPSA) is 57.6 Å². The molecule has 1 aliphatic carbocycles. The lowest BCUT2D eigenvalue weighted by atomic mass is 10.1. The van der Waals surface area contributed by atoms with Gasteiger partial charge in [-0.05, 0) is 18.8 Å². The smallest absolute Gasteiger partial charge is 0.307 e. The second kappa shape index (κ2) is 4.07.